The zero-order valence-electron chi connectivity index (χ0n) is 9.57. The number of anilines is 2. The van der Waals surface area contributed by atoms with Gasteiger partial charge in [0.05, 0.1) is 28.7 Å². The van der Waals surface area contributed by atoms with Crippen LogP contribution in [0, 0.1) is 5.92 Å². The van der Waals surface area contributed by atoms with Crippen molar-refractivity contribution >= 4 is 27.3 Å². The van der Waals surface area contributed by atoms with E-state index in [1.165, 1.54) is 0 Å². The standard InChI is InChI=1S/C11H18BrN3O/c1-7(2)3-8(6-16)15-11-9(12)4-14-5-10(11)13/h4-5,7-8,16H,3,6,13H2,1-2H3,(H,14,15). The summed E-state index contributed by atoms with van der Waals surface area (Å²) in [4.78, 5) is 3.96. The molecule has 1 unspecified atom stereocenters. The molecule has 1 aromatic rings. The Morgan fingerprint density at radius 1 is 1.50 bits per heavy atom. The Morgan fingerprint density at radius 2 is 2.19 bits per heavy atom. The van der Waals surface area contributed by atoms with Gasteiger partial charge in [-0.25, -0.2) is 0 Å². The molecule has 5 heteroatoms. The minimum Gasteiger partial charge on any atom is -0.396 e. The van der Waals surface area contributed by atoms with Crippen molar-refractivity contribution in [2.45, 2.75) is 26.3 Å². The van der Waals surface area contributed by atoms with Gasteiger partial charge in [0.1, 0.15) is 0 Å². The quantitative estimate of drug-likeness (QED) is 0.777. The van der Waals surface area contributed by atoms with Crippen LogP contribution in [0.15, 0.2) is 16.9 Å². The van der Waals surface area contributed by atoms with Crippen LogP contribution in [0.1, 0.15) is 20.3 Å². The number of nitrogens with two attached hydrogens (primary N) is 1. The van der Waals surface area contributed by atoms with Gasteiger partial charge in [-0.2, -0.15) is 0 Å². The molecule has 0 aliphatic carbocycles. The van der Waals surface area contributed by atoms with Crippen molar-refractivity contribution in [3.05, 3.63) is 16.9 Å². The van der Waals surface area contributed by atoms with Gasteiger partial charge < -0.3 is 16.2 Å². The van der Waals surface area contributed by atoms with Crippen molar-refractivity contribution < 1.29 is 5.11 Å². The first-order valence-corrected chi connectivity index (χ1v) is 6.10. The number of nitrogens with zero attached hydrogens (tertiary/aromatic N) is 1. The molecule has 0 fully saturated rings. The van der Waals surface area contributed by atoms with Gasteiger partial charge in [0.15, 0.2) is 0 Å². The van der Waals surface area contributed by atoms with Gasteiger partial charge in [-0.1, -0.05) is 13.8 Å². The first-order chi connectivity index (χ1) is 7.54. The zero-order valence-corrected chi connectivity index (χ0v) is 11.2. The summed E-state index contributed by atoms with van der Waals surface area (Å²) in [7, 11) is 0. The number of pyridine rings is 1. The maximum atomic E-state index is 9.28. The summed E-state index contributed by atoms with van der Waals surface area (Å²) < 4.78 is 0.815. The van der Waals surface area contributed by atoms with E-state index >= 15 is 0 Å². The first-order valence-electron chi connectivity index (χ1n) is 5.31. The van der Waals surface area contributed by atoms with Gasteiger partial charge >= 0.3 is 0 Å². The van der Waals surface area contributed by atoms with Crippen LogP contribution in [0.3, 0.4) is 0 Å². The van der Waals surface area contributed by atoms with Crippen LogP contribution in [-0.4, -0.2) is 22.7 Å². The van der Waals surface area contributed by atoms with Gasteiger partial charge in [0.2, 0.25) is 0 Å². The molecule has 4 N–H and O–H groups in total. The molecule has 0 amide bonds. The average Bonchev–Trinajstić information content (AvgIpc) is 2.21. The molecule has 1 rings (SSSR count). The predicted octanol–water partition coefficient (Wildman–Crippen LogP) is 2.25. The third-order valence-electron chi connectivity index (χ3n) is 2.25. The van der Waals surface area contributed by atoms with E-state index in [1.54, 1.807) is 12.4 Å². The van der Waals surface area contributed by atoms with Gasteiger partial charge in [-0.05, 0) is 28.3 Å². The lowest BCUT2D eigenvalue weighted by atomic mass is 10.0. The average molecular weight is 288 g/mol. The number of rotatable bonds is 5. The van der Waals surface area contributed by atoms with E-state index in [0.717, 1.165) is 16.6 Å². The molecule has 16 heavy (non-hydrogen) atoms. The Bertz CT molecular complexity index is 324. The maximum Gasteiger partial charge on any atom is 0.0752 e. The molecule has 0 aliphatic heterocycles. The highest BCUT2D eigenvalue weighted by Gasteiger charge is 2.13. The Morgan fingerprint density at radius 3 is 2.69 bits per heavy atom. The summed E-state index contributed by atoms with van der Waals surface area (Å²) in [5.74, 6) is 0.520. The molecular formula is C11H18BrN3O. The maximum absolute atomic E-state index is 9.28. The fourth-order valence-electron chi connectivity index (χ4n) is 1.55. The topological polar surface area (TPSA) is 71.2 Å². The number of aliphatic hydroxyl groups is 1. The van der Waals surface area contributed by atoms with Crippen LogP contribution in [0.4, 0.5) is 11.4 Å². The van der Waals surface area contributed by atoms with Gasteiger partial charge in [0.25, 0.3) is 0 Å². The van der Waals surface area contributed by atoms with Gasteiger partial charge in [0, 0.05) is 12.2 Å². The minimum atomic E-state index is 0.0148. The lowest BCUT2D eigenvalue weighted by molar-refractivity contribution is 0.259. The molecule has 90 valence electrons. The number of hydrogen-bond acceptors (Lipinski definition) is 4. The molecule has 1 atom stereocenters. The van der Waals surface area contributed by atoms with Crippen LogP contribution in [0.5, 0.6) is 0 Å². The van der Waals surface area contributed by atoms with Crippen molar-refractivity contribution in [2.24, 2.45) is 5.92 Å². The minimum absolute atomic E-state index is 0.0148. The van der Waals surface area contributed by atoms with Crippen LogP contribution in [0.2, 0.25) is 0 Å². The summed E-state index contributed by atoms with van der Waals surface area (Å²) in [5, 5.41) is 12.5. The Kier molecular flexibility index (Phi) is 5.02. The predicted molar refractivity (Wildman–Crippen MR) is 70.3 cm³/mol. The summed E-state index contributed by atoms with van der Waals surface area (Å²) in [6.07, 6.45) is 4.17. The molecule has 0 spiro atoms. The van der Waals surface area contributed by atoms with Crippen LogP contribution in [0.25, 0.3) is 0 Å². The number of nitrogen functional groups attached to an aromatic ring is 1. The van der Waals surface area contributed by atoms with Crippen LogP contribution in [-0.2, 0) is 0 Å². The van der Waals surface area contributed by atoms with Crippen molar-refractivity contribution in [2.75, 3.05) is 17.7 Å². The molecule has 0 saturated heterocycles. The molecule has 0 saturated carbocycles. The molecule has 0 bridgehead atoms. The molecule has 1 heterocycles. The summed E-state index contributed by atoms with van der Waals surface area (Å²) >= 11 is 3.38. The van der Waals surface area contributed by atoms with E-state index < -0.39 is 0 Å². The highest BCUT2D eigenvalue weighted by Crippen LogP contribution is 2.28. The van der Waals surface area contributed by atoms with E-state index in [0.29, 0.717) is 11.6 Å². The SMILES string of the molecule is CC(C)CC(CO)Nc1c(N)cncc1Br. The molecule has 0 radical (unpaired) electrons. The van der Waals surface area contributed by atoms with Crippen LogP contribution < -0.4 is 11.1 Å². The Hall–Kier alpha value is -0.810. The Balaban J connectivity index is 2.77. The smallest absolute Gasteiger partial charge is 0.0752 e. The van der Waals surface area contributed by atoms with Crippen molar-refractivity contribution in [1.82, 2.24) is 4.98 Å². The summed E-state index contributed by atoms with van der Waals surface area (Å²) in [5.41, 5.74) is 7.20. The van der Waals surface area contributed by atoms with Crippen molar-refractivity contribution in [3.8, 4) is 0 Å². The fraction of sp³-hybridized carbons (Fsp3) is 0.545. The highest BCUT2D eigenvalue weighted by atomic mass is 79.9. The first kappa shape index (κ1) is 13.3. The number of aliphatic hydroxyl groups excluding tert-OH is 1. The van der Waals surface area contributed by atoms with E-state index in [-0.39, 0.29) is 12.6 Å². The molecule has 0 aromatic carbocycles. The van der Waals surface area contributed by atoms with Gasteiger partial charge in [-0.3, -0.25) is 4.98 Å². The number of nitrogens with one attached hydrogen (secondary N) is 1. The lowest BCUT2D eigenvalue weighted by Crippen LogP contribution is -2.26. The summed E-state index contributed by atoms with van der Waals surface area (Å²) in [6.45, 7) is 4.33. The van der Waals surface area contributed by atoms with E-state index in [2.05, 4.69) is 40.1 Å². The number of aromatic nitrogens is 1. The monoisotopic (exact) mass is 287 g/mol. The van der Waals surface area contributed by atoms with Gasteiger partial charge in [-0.15, -0.1) is 0 Å². The highest BCUT2D eigenvalue weighted by molar-refractivity contribution is 9.10. The zero-order chi connectivity index (χ0) is 12.1. The molecule has 0 aliphatic rings. The van der Waals surface area contributed by atoms with Crippen molar-refractivity contribution in [3.63, 3.8) is 0 Å². The molecule has 1 aromatic heterocycles. The van der Waals surface area contributed by atoms with Crippen molar-refractivity contribution in [1.29, 1.82) is 0 Å². The third kappa shape index (κ3) is 3.64. The summed E-state index contributed by atoms with van der Waals surface area (Å²) in [6, 6.07) is 0.0148. The van der Waals surface area contributed by atoms with E-state index in [9.17, 15) is 5.11 Å². The normalized spacial score (nSPS) is 12.8. The second-order valence-electron chi connectivity index (χ2n) is 4.24. The second kappa shape index (κ2) is 6.06. The number of halogens is 1. The van der Waals surface area contributed by atoms with E-state index in [4.69, 9.17) is 5.73 Å². The van der Waals surface area contributed by atoms with Crippen LogP contribution >= 0.6 is 15.9 Å². The fourth-order valence-corrected chi connectivity index (χ4v) is 2.02. The molecule has 4 nitrogen and oxygen atoms in total. The molecular weight excluding hydrogens is 270 g/mol. The Labute approximate surface area is 104 Å². The van der Waals surface area contributed by atoms with E-state index in [1.807, 2.05) is 0 Å². The largest absolute Gasteiger partial charge is 0.396 e. The third-order valence-corrected chi connectivity index (χ3v) is 2.86. The number of hydrogen-bond donors (Lipinski definition) is 3. The second-order valence-corrected chi connectivity index (χ2v) is 5.09. The lowest BCUT2D eigenvalue weighted by Gasteiger charge is -2.21.